The Labute approximate surface area is 329 Å². The maximum atomic E-state index is 13.9. The molecule has 2 fully saturated rings. The van der Waals surface area contributed by atoms with Crippen molar-refractivity contribution < 1.29 is 9.59 Å². The van der Waals surface area contributed by atoms with Gasteiger partial charge in [-0.1, -0.05) is 109 Å². The van der Waals surface area contributed by atoms with Gasteiger partial charge in [-0.2, -0.15) is 0 Å². The lowest BCUT2D eigenvalue weighted by atomic mass is 10.0. The fraction of sp³-hybridized carbons (Fsp3) is 0.304. The van der Waals surface area contributed by atoms with Crippen LogP contribution in [0.15, 0.2) is 122 Å². The van der Waals surface area contributed by atoms with E-state index in [9.17, 15) is 9.59 Å². The molecule has 56 heavy (non-hydrogen) atoms. The van der Waals surface area contributed by atoms with Gasteiger partial charge < -0.3 is 19.8 Å². The van der Waals surface area contributed by atoms with Crippen LogP contribution in [0.5, 0.6) is 0 Å². The summed E-state index contributed by atoms with van der Waals surface area (Å²) in [6.07, 6.45) is 7.42. The van der Waals surface area contributed by atoms with Crippen LogP contribution in [-0.2, 0) is 9.59 Å². The smallest absolute Gasteiger partial charge is 0.245 e. The van der Waals surface area contributed by atoms with Crippen LogP contribution >= 0.6 is 0 Å². The fourth-order valence-corrected chi connectivity index (χ4v) is 8.53. The van der Waals surface area contributed by atoms with Crippen molar-refractivity contribution in [2.45, 2.75) is 49.9 Å². The monoisotopic (exact) mass is 746 g/mol. The Kier molecular flexibility index (Phi) is 10.7. The zero-order valence-corrected chi connectivity index (χ0v) is 32.6. The number of likely N-dealkylation sites (tertiary alicyclic amines) is 2. The second-order valence-electron chi connectivity index (χ2n) is 15.5. The van der Waals surface area contributed by atoms with Crippen LogP contribution in [0.2, 0.25) is 0 Å². The summed E-state index contributed by atoms with van der Waals surface area (Å²) in [6, 6.07) is 36.1. The molecule has 4 heterocycles. The molecule has 0 unspecified atom stereocenters. The van der Waals surface area contributed by atoms with E-state index in [2.05, 4.69) is 58.5 Å². The summed E-state index contributed by atoms with van der Waals surface area (Å²) >= 11 is 0. The molecule has 2 aliphatic heterocycles. The Hall–Kier alpha value is -5.84. The molecule has 0 bridgehead atoms. The number of H-pyrrole nitrogens is 2. The number of carbonyl (C=O) groups excluding carboxylic acids is 2. The standard InChI is InChI=1S/C46H50N8O2/c1-51(2)41(35-13-7-5-8-14-35)45(55)53-27-11-17-39(53)43-47-29-37(49-43)33-23-19-31(20-24-33)32-21-25-34(26-22-32)38-30-48-44(50-38)40-18-12-28-54(40)46(56)42(52(3)4)36-15-9-6-10-16-36/h5-10,13-16,19-26,29-30,39-42H,11-12,17-18,27-28H2,1-4H3,(H,47,49)(H,48,50)/t39-,40-,41-,42-/m0/s1. The molecule has 2 amide bonds. The summed E-state index contributed by atoms with van der Waals surface area (Å²) in [5, 5.41) is 0. The predicted octanol–water partition coefficient (Wildman–Crippen LogP) is 8.07. The van der Waals surface area contributed by atoms with Gasteiger partial charge in [0.15, 0.2) is 0 Å². The minimum atomic E-state index is -0.341. The van der Waals surface area contributed by atoms with E-state index >= 15 is 0 Å². The minimum absolute atomic E-state index is 0.0826. The van der Waals surface area contributed by atoms with E-state index in [0.717, 1.165) is 95.2 Å². The third kappa shape index (κ3) is 7.42. The molecule has 2 aromatic heterocycles. The maximum Gasteiger partial charge on any atom is 0.245 e. The van der Waals surface area contributed by atoms with Gasteiger partial charge >= 0.3 is 0 Å². The van der Waals surface area contributed by atoms with Crippen LogP contribution in [0.25, 0.3) is 33.6 Å². The van der Waals surface area contributed by atoms with Crippen LogP contribution in [0.1, 0.15) is 72.6 Å². The highest BCUT2D eigenvalue weighted by Gasteiger charge is 2.38. The van der Waals surface area contributed by atoms with Gasteiger partial charge in [-0.15, -0.1) is 0 Å². The molecule has 10 heteroatoms. The fourth-order valence-electron chi connectivity index (χ4n) is 8.53. The van der Waals surface area contributed by atoms with Gasteiger partial charge in [0.1, 0.15) is 23.7 Å². The Bertz CT molecular complexity index is 2080. The Morgan fingerprint density at radius 1 is 0.554 bits per heavy atom. The Morgan fingerprint density at radius 2 is 0.911 bits per heavy atom. The molecule has 0 spiro atoms. The molecule has 2 saturated heterocycles. The number of amides is 2. The molecule has 0 aliphatic carbocycles. The first-order valence-corrected chi connectivity index (χ1v) is 19.6. The van der Waals surface area contributed by atoms with Crippen molar-refractivity contribution in [2.75, 3.05) is 41.3 Å². The summed E-state index contributed by atoms with van der Waals surface area (Å²) < 4.78 is 0. The van der Waals surface area contributed by atoms with Crippen LogP contribution in [0.4, 0.5) is 0 Å². The Morgan fingerprint density at radius 3 is 1.27 bits per heavy atom. The first-order valence-electron chi connectivity index (χ1n) is 19.6. The lowest BCUT2D eigenvalue weighted by molar-refractivity contribution is -0.138. The van der Waals surface area contributed by atoms with Gasteiger partial charge in [0, 0.05) is 13.1 Å². The molecule has 0 radical (unpaired) electrons. The number of hydrogen-bond donors (Lipinski definition) is 2. The van der Waals surface area contributed by atoms with Crippen molar-refractivity contribution in [1.29, 1.82) is 0 Å². The largest absolute Gasteiger partial charge is 0.340 e. The molecule has 2 N–H and O–H groups in total. The third-order valence-corrected chi connectivity index (χ3v) is 11.4. The van der Waals surface area contributed by atoms with E-state index in [1.165, 1.54) is 0 Å². The summed E-state index contributed by atoms with van der Waals surface area (Å²) in [4.78, 5) is 52.5. The molecular weight excluding hydrogens is 697 g/mol. The van der Waals surface area contributed by atoms with Gasteiger partial charge in [-0.25, -0.2) is 9.97 Å². The average molecular weight is 747 g/mol. The molecule has 286 valence electrons. The van der Waals surface area contributed by atoms with Crippen molar-refractivity contribution >= 4 is 11.8 Å². The number of rotatable bonds is 11. The number of likely N-dealkylation sites (N-methyl/N-ethyl adjacent to an activating group) is 2. The van der Waals surface area contributed by atoms with Crippen molar-refractivity contribution in [3.05, 3.63) is 144 Å². The molecule has 4 aromatic carbocycles. The van der Waals surface area contributed by atoms with Crippen LogP contribution in [0, 0.1) is 0 Å². The zero-order valence-electron chi connectivity index (χ0n) is 32.6. The number of imidazole rings is 2. The number of nitrogens with zero attached hydrogens (tertiary/aromatic N) is 6. The van der Waals surface area contributed by atoms with Crippen molar-refractivity contribution in [3.8, 4) is 33.6 Å². The molecule has 6 aromatic rings. The van der Waals surface area contributed by atoms with Crippen LogP contribution < -0.4 is 0 Å². The highest BCUT2D eigenvalue weighted by Crippen LogP contribution is 2.37. The number of aromatic amines is 2. The number of benzene rings is 4. The molecule has 10 nitrogen and oxygen atoms in total. The predicted molar refractivity (Wildman–Crippen MR) is 220 cm³/mol. The van der Waals surface area contributed by atoms with E-state index in [1.54, 1.807) is 0 Å². The van der Waals surface area contributed by atoms with E-state index in [0.29, 0.717) is 0 Å². The molecule has 2 aliphatic rings. The first-order chi connectivity index (χ1) is 27.3. The summed E-state index contributed by atoms with van der Waals surface area (Å²) in [5.41, 5.74) is 8.17. The number of hydrogen-bond acceptors (Lipinski definition) is 6. The van der Waals surface area contributed by atoms with Gasteiger partial charge in [0.25, 0.3) is 0 Å². The van der Waals surface area contributed by atoms with Crippen LogP contribution in [-0.4, -0.2) is 92.6 Å². The lowest BCUT2D eigenvalue weighted by Crippen LogP contribution is -2.40. The third-order valence-electron chi connectivity index (χ3n) is 11.4. The second kappa shape index (κ2) is 16.1. The quantitative estimate of drug-likeness (QED) is 0.139. The molecule has 8 rings (SSSR count). The van der Waals surface area contributed by atoms with Gasteiger partial charge in [-0.3, -0.25) is 19.4 Å². The van der Waals surface area contributed by atoms with Crippen LogP contribution in [0.3, 0.4) is 0 Å². The highest BCUT2D eigenvalue weighted by molar-refractivity contribution is 5.84. The topological polar surface area (TPSA) is 104 Å². The number of nitrogens with one attached hydrogen (secondary N) is 2. The van der Waals surface area contributed by atoms with Crippen molar-refractivity contribution in [3.63, 3.8) is 0 Å². The first kappa shape index (κ1) is 37.1. The molecule has 0 saturated carbocycles. The van der Waals surface area contributed by atoms with E-state index in [4.69, 9.17) is 9.97 Å². The lowest BCUT2D eigenvalue weighted by Gasteiger charge is -2.31. The summed E-state index contributed by atoms with van der Waals surface area (Å²) in [5.74, 6) is 1.87. The normalized spacial score (nSPS) is 18.2. The highest BCUT2D eigenvalue weighted by atomic mass is 16.2. The van der Waals surface area contributed by atoms with Gasteiger partial charge in [0.2, 0.25) is 11.8 Å². The summed E-state index contributed by atoms with van der Waals surface area (Å²) in [6.45, 7) is 1.44. The van der Waals surface area contributed by atoms with E-state index < -0.39 is 0 Å². The molecular formula is C46H50N8O2. The maximum absolute atomic E-state index is 13.9. The van der Waals surface area contributed by atoms with Crippen molar-refractivity contribution in [2.24, 2.45) is 0 Å². The summed E-state index contributed by atoms with van der Waals surface area (Å²) in [7, 11) is 7.84. The van der Waals surface area contributed by atoms with E-state index in [-0.39, 0.29) is 36.0 Å². The second-order valence-corrected chi connectivity index (χ2v) is 15.5. The van der Waals surface area contributed by atoms with E-state index in [1.807, 2.05) is 121 Å². The van der Waals surface area contributed by atoms with Crippen molar-refractivity contribution in [1.82, 2.24) is 39.5 Å². The minimum Gasteiger partial charge on any atom is -0.340 e. The van der Waals surface area contributed by atoms with Gasteiger partial charge in [0.05, 0.1) is 35.9 Å². The number of carbonyl (C=O) groups is 2. The molecule has 4 atom stereocenters. The average Bonchev–Trinajstić information content (AvgIpc) is 4.06. The van der Waals surface area contributed by atoms with Gasteiger partial charge in [-0.05, 0) is 87.3 Å². The number of aromatic nitrogens is 4. The Balaban J connectivity index is 0.930. The SMILES string of the molecule is CN(C)[C@H](C(=O)N1CCC[C@H]1c1ncc(-c2ccc(-c3ccc(-c4cnc([C@@H]5CCCN5C(=O)[C@H](c5ccccc5)N(C)C)[nH]4)cc3)cc2)[nH]1)c1ccccc1. The zero-order chi connectivity index (χ0) is 38.8.